The van der Waals surface area contributed by atoms with Gasteiger partial charge in [0.1, 0.15) is 0 Å². The molecular formula is C48H29F36N3O12. The lowest BCUT2D eigenvalue weighted by molar-refractivity contribution is -0.397. The quantitative estimate of drug-likeness (QED) is 0.0221. The van der Waals surface area contributed by atoms with Crippen LogP contribution in [0.15, 0.2) is 54.6 Å². The summed E-state index contributed by atoms with van der Waals surface area (Å²) in [6, 6.07) is 0.818. The molecule has 0 unspecified atom stereocenters. The van der Waals surface area contributed by atoms with Crippen LogP contribution < -0.4 is 15.9 Å². The topological polar surface area (TPSA) is 207 Å². The van der Waals surface area contributed by atoms with Gasteiger partial charge in [-0.05, 0) is 54.6 Å². The number of rotatable bonds is 29. The molecule has 0 radical (unpaired) electrons. The van der Waals surface area contributed by atoms with Crippen LogP contribution in [0.1, 0.15) is 87.8 Å². The second kappa shape index (κ2) is 28.0. The van der Waals surface area contributed by atoms with Gasteiger partial charge in [0, 0.05) is 22.5 Å². The van der Waals surface area contributed by atoms with E-state index in [-0.39, 0.29) is 54.6 Å². The van der Waals surface area contributed by atoms with E-state index in [1.165, 1.54) is 0 Å². The summed E-state index contributed by atoms with van der Waals surface area (Å²) < 4.78 is 499. The van der Waals surface area contributed by atoms with E-state index >= 15 is 0 Å². The number of nitrogens with one attached hydrogen (secondary N) is 2. The predicted octanol–water partition coefficient (Wildman–Crippen LogP) is 15.8. The summed E-state index contributed by atoms with van der Waals surface area (Å²) in [6.07, 6.45) is -41.5. The van der Waals surface area contributed by atoms with Crippen molar-refractivity contribution in [3.63, 3.8) is 0 Å². The average molecular weight is 1520 g/mol. The van der Waals surface area contributed by atoms with Crippen LogP contribution in [-0.2, 0) is 18.9 Å². The molecule has 51 heteroatoms. The highest BCUT2D eigenvalue weighted by atomic mass is 19.5. The third-order valence-electron chi connectivity index (χ3n) is 12.4. The molecule has 0 fully saturated rings. The van der Waals surface area contributed by atoms with Crippen molar-refractivity contribution in [1.29, 1.82) is 0 Å². The standard InChI is InChI=1S/C48H29F36N3O12/c49-33(50,37(57,58)41(65,66)45(73,74)75)1-5-96-29(90)20-10-21(30(91)97-6-2-34(51,52)38(59,60)42(67,68)46(76,77)78)13-24(12-20)85-27(88)18-9-19(17-26(16-18)87(94)95)28(89)86-25-14-22(31(92)98-7-3-35(53,54)39(61,62)43(69,70)47(79,80)81)11-23(15-25)32(93)99-8-4-36(55,56)40(63,64)44(71,72)48(82,83)84/h9-17,94-95H,1-8H2,(H,85,88)(H,86,89). The number of esters is 4. The zero-order valence-corrected chi connectivity index (χ0v) is 46.4. The molecule has 0 heterocycles. The molecular weight excluding hydrogens is 1490 g/mol. The SMILES string of the molecule is O=C(Nc1cc(C(=O)OCCC(F)(F)C(F)(F)C(F)(F)C(F)(F)F)cc(C(=O)OCCC(F)(F)C(F)(F)C(F)(F)C(F)(F)F)c1)c1cc(C(=O)Nc2cc(C(=O)OCCC(F)(F)C(F)(F)C(F)(F)C(F)(F)F)cc(C(=O)OCCC(F)(F)C(F)(F)C(F)(F)C(F)(F)F)c2)cc(N(O)O)c1. The van der Waals surface area contributed by atoms with Crippen molar-refractivity contribution < 1.29 is 216 Å². The Labute approximate surface area is 520 Å². The first kappa shape index (κ1) is 84.9. The summed E-state index contributed by atoms with van der Waals surface area (Å²) in [5, 5.41) is 21.7. The molecule has 0 aliphatic heterocycles. The fourth-order valence-electron chi connectivity index (χ4n) is 6.95. The summed E-state index contributed by atoms with van der Waals surface area (Å²) in [5.41, 5.74) is -12.7. The minimum absolute atomic E-state index is 0.0636. The first-order chi connectivity index (χ1) is 44.0. The molecule has 15 nitrogen and oxygen atoms in total. The molecule has 4 N–H and O–H groups in total. The first-order valence-corrected chi connectivity index (χ1v) is 24.7. The minimum atomic E-state index is -7.53. The number of ether oxygens (including phenoxy) is 4. The lowest BCUT2D eigenvalue weighted by atomic mass is 10.0. The molecule has 0 bridgehead atoms. The third kappa shape index (κ3) is 17.3. The minimum Gasteiger partial charge on any atom is -0.462 e. The van der Waals surface area contributed by atoms with Gasteiger partial charge >= 0.3 is 120 Å². The summed E-state index contributed by atoms with van der Waals surface area (Å²) in [6.45, 7) is -9.46. The van der Waals surface area contributed by atoms with Crippen LogP contribution in [0.25, 0.3) is 0 Å². The first-order valence-electron chi connectivity index (χ1n) is 24.7. The highest BCUT2D eigenvalue weighted by Gasteiger charge is 2.84. The van der Waals surface area contributed by atoms with E-state index < -0.39 is 239 Å². The van der Waals surface area contributed by atoms with Gasteiger partial charge in [-0.2, -0.15) is 158 Å². The second-order valence-corrected chi connectivity index (χ2v) is 19.5. The molecule has 0 atom stereocenters. The monoisotopic (exact) mass is 1520 g/mol. The number of halogens is 36. The molecule has 0 aromatic heterocycles. The summed E-state index contributed by atoms with van der Waals surface area (Å²) in [5.74, 6) is -99.0. The Morgan fingerprint density at radius 1 is 0.283 bits per heavy atom. The molecule has 0 aliphatic carbocycles. The van der Waals surface area contributed by atoms with Crippen LogP contribution in [0, 0.1) is 0 Å². The fraction of sp³-hybridized carbons (Fsp3) is 0.500. The number of amides is 2. The number of nitrogens with zero attached hydrogens (tertiary/aromatic N) is 1. The Kier molecular flexibility index (Phi) is 24.0. The van der Waals surface area contributed by atoms with Crippen LogP contribution >= 0.6 is 0 Å². The van der Waals surface area contributed by atoms with Crippen molar-refractivity contribution in [3.05, 3.63) is 88.0 Å². The van der Waals surface area contributed by atoms with Gasteiger partial charge < -0.3 is 29.6 Å². The maximum atomic E-state index is 14.2. The van der Waals surface area contributed by atoms with Crippen LogP contribution in [0.3, 0.4) is 0 Å². The fourth-order valence-corrected chi connectivity index (χ4v) is 6.95. The van der Waals surface area contributed by atoms with Gasteiger partial charge in [-0.15, -0.1) is 5.23 Å². The van der Waals surface area contributed by atoms with E-state index in [1.54, 1.807) is 10.6 Å². The number of carbonyl (C=O) groups excluding carboxylic acids is 6. The van der Waals surface area contributed by atoms with E-state index in [9.17, 15) is 197 Å². The van der Waals surface area contributed by atoms with Crippen LogP contribution in [0.5, 0.6) is 0 Å². The Morgan fingerprint density at radius 3 is 0.636 bits per heavy atom. The van der Waals surface area contributed by atoms with E-state index in [0.29, 0.717) is 0 Å². The number of benzene rings is 3. The van der Waals surface area contributed by atoms with Crippen molar-refractivity contribution >= 4 is 52.8 Å². The average Bonchev–Trinajstić information content (AvgIpc) is 0.766. The molecule has 0 saturated heterocycles. The summed E-state index contributed by atoms with van der Waals surface area (Å²) in [4.78, 5) is 79.1. The lowest BCUT2D eigenvalue weighted by Crippen LogP contribution is -2.61. The van der Waals surface area contributed by atoms with E-state index in [1.807, 2.05) is 0 Å². The predicted molar refractivity (Wildman–Crippen MR) is 244 cm³/mol. The number of anilines is 3. The van der Waals surface area contributed by atoms with Crippen LogP contribution in [0.2, 0.25) is 0 Å². The molecule has 0 aliphatic rings. The van der Waals surface area contributed by atoms with Gasteiger partial charge in [-0.3, -0.25) is 20.0 Å². The Bertz CT molecular complexity index is 3080. The highest BCUT2D eigenvalue weighted by Crippen LogP contribution is 2.58. The normalized spacial score (nSPS) is 14.1. The number of carbonyl (C=O) groups is 6. The van der Waals surface area contributed by atoms with Gasteiger partial charge in [0.2, 0.25) is 0 Å². The number of hydrogen-bond donors (Lipinski definition) is 4. The molecule has 3 aromatic carbocycles. The maximum absolute atomic E-state index is 14.2. The smallest absolute Gasteiger partial charge is 0.460 e. The van der Waals surface area contributed by atoms with Crippen molar-refractivity contribution in [3.8, 4) is 0 Å². The molecule has 99 heavy (non-hydrogen) atoms. The van der Waals surface area contributed by atoms with Crippen LogP contribution in [0.4, 0.5) is 175 Å². The largest absolute Gasteiger partial charge is 0.462 e. The van der Waals surface area contributed by atoms with Gasteiger partial charge in [-0.25, -0.2) is 19.2 Å². The molecule has 0 spiro atoms. The van der Waals surface area contributed by atoms with Crippen molar-refractivity contribution in [2.24, 2.45) is 0 Å². The third-order valence-corrected chi connectivity index (χ3v) is 12.4. The molecule has 3 rings (SSSR count). The number of alkyl halides is 36. The lowest BCUT2D eigenvalue weighted by Gasteiger charge is -2.33. The van der Waals surface area contributed by atoms with Gasteiger partial charge in [-0.1, -0.05) is 0 Å². The second-order valence-electron chi connectivity index (χ2n) is 19.5. The van der Waals surface area contributed by atoms with E-state index in [2.05, 4.69) is 18.9 Å². The highest BCUT2D eigenvalue weighted by molar-refractivity contribution is 6.11. The Hall–Kier alpha value is -8.32. The number of hydrogen-bond acceptors (Lipinski definition) is 13. The Morgan fingerprint density at radius 2 is 0.465 bits per heavy atom. The van der Waals surface area contributed by atoms with Crippen molar-refractivity contribution in [2.45, 2.75) is 121 Å². The van der Waals surface area contributed by atoms with E-state index in [0.717, 1.165) is 0 Å². The zero-order valence-electron chi connectivity index (χ0n) is 46.4. The summed E-state index contributed by atoms with van der Waals surface area (Å²) in [7, 11) is 0. The van der Waals surface area contributed by atoms with Gasteiger partial charge in [0.05, 0.1) is 80.1 Å². The van der Waals surface area contributed by atoms with Crippen LogP contribution in [-0.4, -0.2) is 168 Å². The molecule has 2 amide bonds. The maximum Gasteiger partial charge on any atom is 0.460 e. The summed E-state index contributed by atoms with van der Waals surface area (Å²) >= 11 is 0. The molecule has 560 valence electrons. The molecule has 3 aromatic rings. The Balaban J connectivity index is 2.16. The van der Waals surface area contributed by atoms with Gasteiger partial charge in [0.25, 0.3) is 11.8 Å². The van der Waals surface area contributed by atoms with Gasteiger partial charge in [0.15, 0.2) is 0 Å². The zero-order chi connectivity index (χ0) is 77.5. The van der Waals surface area contributed by atoms with E-state index in [4.69, 9.17) is 0 Å². The van der Waals surface area contributed by atoms with Crippen molar-refractivity contribution in [1.82, 2.24) is 0 Å². The van der Waals surface area contributed by atoms with Crippen molar-refractivity contribution in [2.75, 3.05) is 42.3 Å². The molecule has 0 saturated carbocycles.